The Balaban J connectivity index is 2.32. The molecule has 0 aliphatic carbocycles. The minimum absolute atomic E-state index is 0.128. The Kier molecular flexibility index (Phi) is 4.31. The monoisotopic (exact) mass is 298 g/mol. The molecule has 5 nitrogen and oxygen atoms in total. The SMILES string of the molecule is N=C(N)c1ccccc1C(=N)Cc1ccc(F)c(C(N)=O)c1. The average Bonchev–Trinajstić information content (AvgIpc) is 2.48. The Labute approximate surface area is 126 Å². The maximum Gasteiger partial charge on any atom is 0.251 e. The quantitative estimate of drug-likeness (QED) is 0.498. The fraction of sp³-hybridized carbons (Fsp3) is 0.0625. The van der Waals surface area contributed by atoms with Crippen LogP contribution in [-0.2, 0) is 6.42 Å². The zero-order chi connectivity index (χ0) is 16.3. The molecule has 2 aromatic rings. The molecule has 0 saturated carbocycles. The van der Waals surface area contributed by atoms with E-state index in [-0.39, 0.29) is 23.5 Å². The van der Waals surface area contributed by atoms with Gasteiger partial charge in [-0.1, -0.05) is 30.3 Å². The minimum atomic E-state index is -0.852. The first-order valence-electron chi connectivity index (χ1n) is 6.49. The van der Waals surface area contributed by atoms with Gasteiger partial charge in [0.05, 0.1) is 5.56 Å². The van der Waals surface area contributed by atoms with Gasteiger partial charge < -0.3 is 16.9 Å². The number of nitrogen functional groups attached to an aromatic ring is 1. The van der Waals surface area contributed by atoms with Crippen molar-refractivity contribution in [2.45, 2.75) is 6.42 Å². The molecule has 112 valence electrons. The number of halogens is 1. The molecule has 0 spiro atoms. The molecule has 0 saturated heterocycles. The van der Waals surface area contributed by atoms with E-state index in [4.69, 9.17) is 22.3 Å². The fourth-order valence-electron chi connectivity index (χ4n) is 2.15. The highest BCUT2D eigenvalue weighted by molar-refractivity contribution is 6.10. The summed E-state index contributed by atoms with van der Waals surface area (Å²) in [5, 5.41) is 15.7. The molecular weight excluding hydrogens is 283 g/mol. The number of nitrogens with one attached hydrogen (secondary N) is 2. The van der Waals surface area contributed by atoms with E-state index < -0.39 is 11.7 Å². The Morgan fingerprint density at radius 3 is 2.23 bits per heavy atom. The van der Waals surface area contributed by atoms with Gasteiger partial charge in [-0.15, -0.1) is 0 Å². The molecule has 6 heteroatoms. The van der Waals surface area contributed by atoms with Crippen LogP contribution in [0.5, 0.6) is 0 Å². The molecule has 1 amide bonds. The van der Waals surface area contributed by atoms with Crippen LogP contribution in [0.3, 0.4) is 0 Å². The smallest absolute Gasteiger partial charge is 0.251 e. The number of carbonyl (C=O) groups excluding carboxylic acids is 1. The second-order valence-corrected chi connectivity index (χ2v) is 4.79. The second kappa shape index (κ2) is 6.17. The van der Waals surface area contributed by atoms with E-state index in [1.807, 2.05) is 0 Å². The molecule has 0 unspecified atom stereocenters. The lowest BCUT2D eigenvalue weighted by atomic mass is 9.96. The number of primary amides is 1. The maximum atomic E-state index is 13.5. The summed E-state index contributed by atoms with van der Waals surface area (Å²) < 4.78 is 13.5. The summed E-state index contributed by atoms with van der Waals surface area (Å²) in [4.78, 5) is 11.2. The Bertz CT molecular complexity index is 770. The Morgan fingerprint density at radius 2 is 1.64 bits per heavy atom. The van der Waals surface area contributed by atoms with Crippen molar-refractivity contribution in [1.29, 1.82) is 10.8 Å². The molecule has 6 N–H and O–H groups in total. The number of amidine groups is 1. The molecule has 0 heterocycles. The van der Waals surface area contributed by atoms with Crippen LogP contribution < -0.4 is 11.5 Å². The molecular formula is C16H15FN4O. The molecule has 2 aromatic carbocycles. The van der Waals surface area contributed by atoms with E-state index in [2.05, 4.69) is 0 Å². The van der Waals surface area contributed by atoms with Gasteiger partial charge in [-0.25, -0.2) is 4.39 Å². The van der Waals surface area contributed by atoms with Crippen LogP contribution in [0.1, 0.15) is 27.0 Å². The number of hydrogen-bond acceptors (Lipinski definition) is 3. The third-order valence-corrected chi connectivity index (χ3v) is 3.22. The molecule has 0 fully saturated rings. The van der Waals surface area contributed by atoms with Crippen LogP contribution in [0.25, 0.3) is 0 Å². The van der Waals surface area contributed by atoms with Crippen LogP contribution in [0.15, 0.2) is 42.5 Å². The van der Waals surface area contributed by atoms with Crippen LogP contribution in [-0.4, -0.2) is 17.5 Å². The van der Waals surface area contributed by atoms with Gasteiger partial charge in [-0.05, 0) is 17.7 Å². The summed E-state index contributed by atoms with van der Waals surface area (Å²) in [6, 6.07) is 10.8. The van der Waals surface area contributed by atoms with Gasteiger partial charge in [0.2, 0.25) is 0 Å². The maximum absolute atomic E-state index is 13.5. The van der Waals surface area contributed by atoms with E-state index in [1.165, 1.54) is 12.1 Å². The molecule has 22 heavy (non-hydrogen) atoms. The summed E-state index contributed by atoms with van der Waals surface area (Å²) in [6.07, 6.45) is 0.171. The van der Waals surface area contributed by atoms with Gasteiger partial charge in [0.15, 0.2) is 0 Å². The number of carbonyl (C=O) groups is 1. The minimum Gasteiger partial charge on any atom is -0.384 e. The summed E-state index contributed by atoms with van der Waals surface area (Å²) >= 11 is 0. The number of rotatable bonds is 5. The summed E-state index contributed by atoms with van der Waals surface area (Å²) in [7, 11) is 0. The van der Waals surface area contributed by atoms with E-state index >= 15 is 0 Å². The van der Waals surface area contributed by atoms with Crippen molar-refractivity contribution >= 4 is 17.5 Å². The van der Waals surface area contributed by atoms with Crippen molar-refractivity contribution in [2.75, 3.05) is 0 Å². The van der Waals surface area contributed by atoms with Crippen molar-refractivity contribution in [1.82, 2.24) is 0 Å². The van der Waals surface area contributed by atoms with Crippen molar-refractivity contribution in [3.8, 4) is 0 Å². The molecule has 0 atom stereocenters. The molecule has 0 aromatic heterocycles. The van der Waals surface area contributed by atoms with Gasteiger partial charge in [0, 0.05) is 23.3 Å². The van der Waals surface area contributed by atoms with Crippen LogP contribution in [0.4, 0.5) is 4.39 Å². The van der Waals surface area contributed by atoms with Crippen molar-refractivity contribution < 1.29 is 9.18 Å². The molecule has 0 aliphatic heterocycles. The summed E-state index contributed by atoms with van der Waals surface area (Å²) in [5.74, 6) is -1.67. The zero-order valence-corrected chi connectivity index (χ0v) is 11.7. The first-order chi connectivity index (χ1) is 10.4. The number of amides is 1. The van der Waals surface area contributed by atoms with Gasteiger partial charge in [-0.2, -0.15) is 0 Å². The van der Waals surface area contributed by atoms with Crippen LogP contribution >= 0.6 is 0 Å². The lowest BCUT2D eigenvalue weighted by molar-refractivity contribution is 0.0996. The fourth-order valence-corrected chi connectivity index (χ4v) is 2.15. The van der Waals surface area contributed by atoms with E-state index in [1.54, 1.807) is 24.3 Å². The van der Waals surface area contributed by atoms with E-state index in [0.29, 0.717) is 16.7 Å². The normalized spacial score (nSPS) is 10.2. The summed E-state index contributed by atoms with van der Waals surface area (Å²) in [5.41, 5.74) is 12.2. The average molecular weight is 298 g/mol. The lowest BCUT2D eigenvalue weighted by Crippen LogP contribution is -2.18. The highest BCUT2D eigenvalue weighted by Gasteiger charge is 2.13. The highest BCUT2D eigenvalue weighted by atomic mass is 19.1. The summed E-state index contributed by atoms with van der Waals surface area (Å²) in [6.45, 7) is 0. The van der Waals surface area contributed by atoms with Crippen molar-refractivity contribution in [3.63, 3.8) is 0 Å². The van der Waals surface area contributed by atoms with Gasteiger partial charge in [0.1, 0.15) is 11.7 Å². The second-order valence-electron chi connectivity index (χ2n) is 4.79. The van der Waals surface area contributed by atoms with Crippen molar-refractivity contribution in [2.24, 2.45) is 11.5 Å². The number of benzene rings is 2. The van der Waals surface area contributed by atoms with Crippen LogP contribution in [0.2, 0.25) is 0 Å². The lowest BCUT2D eigenvalue weighted by Gasteiger charge is -2.10. The Morgan fingerprint density at radius 1 is 1.00 bits per heavy atom. The molecule has 0 aliphatic rings. The topological polar surface area (TPSA) is 117 Å². The van der Waals surface area contributed by atoms with Gasteiger partial charge in [-0.3, -0.25) is 10.2 Å². The molecule has 0 radical (unpaired) electrons. The van der Waals surface area contributed by atoms with Gasteiger partial charge in [0.25, 0.3) is 5.91 Å². The zero-order valence-electron chi connectivity index (χ0n) is 11.7. The van der Waals surface area contributed by atoms with Crippen LogP contribution in [0, 0.1) is 16.6 Å². The third-order valence-electron chi connectivity index (χ3n) is 3.22. The largest absolute Gasteiger partial charge is 0.384 e. The third kappa shape index (κ3) is 3.17. The molecule has 0 bridgehead atoms. The number of hydrogen-bond donors (Lipinski definition) is 4. The first-order valence-corrected chi connectivity index (χ1v) is 6.49. The predicted molar refractivity (Wildman–Crippen MR) is 82.9 cm³/mol. The standard InChI is InChI=1S/C16H15FN4O/c17-13-6-5-9(7-12(13)16(21)22)8-14(18)10-3-1-2-4-11(10)15(19)20/h1-7,18H,8H2,(H3,19,20)(H2,21,22). The van der Waals surface area contributed by atoms with Gasteiger partial charge >= 0.3 is 0 Å². The van der Waals surface area contributed by atoms with E-state index in [0.717, 1.165) is 6.07 Å². The van der Waals surface area contributed by atoms with Crippen molar-refractivity contribution in [3.05, 3.63) is 70.5 Å². The number of nitrogens with two attached hydrogens (primary N) is 2. The predicted octanol–water partition coefficient (Wildman–Crippen LogP) is 1.82. The van der Waals surface area contributed by atoms with E-state index in [9.17, 15) is 9.18 Å². The Hall–Kier alpha value is -3.02. The first kappa shape index (κ1) is 15.4. The molecule has 2 rings (SSSR count). The highest BCUT2D eigenvalue weighted by Crippen LogP contribution is 2.15.